The highest BCUT2D eigenvalue weighted by atomic mass is 16.8. The first kappa shape index (κ1) is 50.6. The van der Waals surface area contributed by atoms with Crippen LogP contribution in [0.15, 0.2) is 0 Å². The highest BCUT2D eigenvalue weighted by molar-refractivity contribution is 5.15. The van der Waals surface area contributed by atoms with Gasteiger partial charge in [0.25, 0.3) is 0 Å². The van der Waals surface area contributed by atoms with E-state index in [0.717, 1.165) is 44.9 Å². The number of fused-ring (bicyclic) bond motifs is 7. The van der Waals surface area contributed by atoms with Gasteiger partial charge in [-0.3, -0.25) is 0 Å². The van der Waals surface area contributed by atoms with Crippen LogP contribution in [-0.2, 0) is 37.9 Å². The molecule has 4 heterocycles. The van der Waals surface area contributed by atoms with E-state index >= 15 is 0 Å². The van der Waals surface area contributed by atoms with Crippen molar-refractivity contribution in [2.75, 3.05) is 33.5 Å². The van der Waals surface area contributed by atoms with Crippen molar-refractivity contribution < 1.29 is 94.1 Å². The Hall–Kier alpha value is -0.760. The molecule has 0 amide bonds. The van der Waals surface area contributed by atoms with Crippen LogP contribution in [0, 0.1) is 52.3 Å². The zero-order chi connectivity index (χ0) is 46.9. The van der Waals surface area contributed by atoms with Crippen LogP contribution in [0.2, 0.25) is 0 Å². The molecule has 65 heavy (non-hydrogen) atoms. The van der Waals surface area contributed by atoms with Gasteiger partial charge < -0.3 is 94.1 Å². The summed E-state index contributed by atoms with van der Waals surface area (Å²) in [5.41, 5.74) is 0.150. The molecule has 4 saturated heterocycles. The topological polar surface area (TPSA) is 296 Å². The lowest BCUT2D eigenvalue weighted by atomic mass is 9.44. The van der Waals surface area contributed by atoms with Gasteiger partial charge in [0, 0.05) is 19.4 Å². The van der Waals surface area contributed by atoms with Gasteiger partial charge in [-0.25, -0.2) is 0 Å². The second-order valence-electron chi connectivity index (χ2n) is 21.6. The van der Waals surface area contributed by atoms with Crippen molar-refractivity contribution in [1.82, 2.24) is 0 Å². The van der Waals surface area contributed by atoms with Crippen molar-refractivity contribution in [2.45, 2.75) is 202 Å². The first-order chi connectivity index (χ1) is 30.9. The molecule has 0 aromatic carbocycles. The number of ether oxygens (including phenoxy) is 8. The normalized spacial score (nSPS) is 54.9. The maximum Gasteiger partial charge on any atom is 0.187 e. The fraction of sp³-hybridized carbons (Fsp3) is 1.00. The van der Waals surface area contributed by atoms with Gasteiger partial charge in [0.15, 0.2) is 24.7 Å². The van der Waals surface area contributed by atoms with Gasteiger partial charge >= 0.3 is 0 Å². The Balaban J connectivity index is 0.880. The molecule has 0 radical (unpaired) electrons. The number of aliphatic hydroxyl groups is 11. The number of rotatable bonds is 14. The maximum absolute atomic E-state index is 11.2. The summed E-state index contributed by atoms with van der Waals surface area (Å²) in [5, 5.41) is 113. The minimum absolute atomic E-state index is 0.0271. The molecule has 376 valence electrons. The fourth-order valence-electron chi connectivity index (χ4n) is 14.5. The minimum Gasteiger partial charge on any atom is -0.394 e. The minimum atomic E-state index is -1.74. The summed E-state index contributed by atoms with van der Waals surface area (Å²) < 4.78 is 48.8. The second-order valence-corrected chi connectivity index (χ2v) is 21.6. The fourth-order valence-corrected chi connectivity index (χ4v) is 14.5. The summed E-state index contributed by atoms with van der Waals surface area (Å²) in [6, 6.07) is 0. The molecule has 8 fully saturated rings. The third-order valence-corrected chi connectivity index (χ3v) is 18.3. The average molecular weight is 935 g/mol. The van der Waals surface area contributed by atoms with Gasteiger partial charge in [-0.05, 0) is 104 Å². The van der Waals surface area contributed by atoms with Gasteiger partial charge in [-0.15, -0.1) is 0 Å². The van der Waals surface area contributed by atoms with Crippen LogP contribution >= 0.6 is 0 Å². The van der Waals surface area contributed by atoms with E-state index in [9.17, 15) is 56.2 Å². The molecule has 0 aromatic heterocycles. The van der Waals surface area contributed by atoms with Gasteiger partial charge in [0.05, 0.1) is 38.6 Å². The molecule has 8 aliphatic rings. The molecular formula is C46H78O19. The highest BCUT2D eigenvalue weighted by Crippen LogP contribution is 2.71. The van der Waals surface area contributed by atoms with Crippen LogP contribution in [0.4, 0.5) is 0 Å². The van der Waals surface area contributed by atoms with Gasteiger partial charge in [-0.1, -0.05) is 27.7 Å². The summed E-state index contributed by atoms with van der Waals surface area (Å²) in [4.78, 5) is 0. The van der Waals surface area contributed by atoms with E-state index in [-0.39, 0.29) is 41.5 Å². The van der Waals surface area contributed by atoms with Crippen molar-refractivity contribution in [3.63, 3.8) is 0 Å². The molecule has 19 heteroatoms. The lowest BCUT2D eigenvalue weighted by molar-refractivity contribution is -0.373. The van der Waals surface area contributed by atoms with Crippen LogP contribution in [0.25, 0.3) is 0 Å². The van der Waals surface area contributed by atoms with E-state index in [0.29, 0.717) is 48.9 Å². The average Bonchev–Trinajstić information content (AvgIpc) is 3.76. The first-order valence-corrected chi connectivity index (χ1v) is 24.2. The number of hydrogen-bond acceptors (Lipinski definition) is 19. The Morgan fingerprint density at radius 3 is 1.85 bits per heavy atom. The van der Waals surface area contributed by atoms with E-state index in [4.69, 9.17) is 37.9 Å². The monoisotopic (exact) mass is 935 g/mol. The number of aliphatic hydroxyl groups excluding tert-OH is 11. The quantitative estimate of drug-likeness (QED) is 0.0920. The van der Waals surface area contributed by atoms with E-state index < -0.39 is 118 Å². The van der Waals surface area contributed by atoms with Crippen LogP contribution in [0.5, 0.6) is 0 Å². The second kappa shape index (κ2) is 19.8. The molecule has 0 aromatic rings. The molecule has 4 saturated carbocycles. The summed E-state index contributed by atoms with van der Waals surface area (Å²) in [6.07, 6.45) is -12.7. The van der Waals surface area contributed by atoms with Gasteiger partial charge in [0.1, 0.15) is 73.2 Å². The molecule has 8 rings (SSSR count). The van der Waals surface area contributed by atoms with Gasteiger partial charge in [0.2, 0.25) is 0 Å². The van der Waals surface area contributed by atoms with Crippen molar-refractivity contribution >= 4 is 0 Å². The molecule has 4 aliphatic heterocycles. The van der Waals surface area contributed by atoms with Crippen molar-refractivity contribution in [1.29, 1.82) is 0 Å². The molecule has 4 aliphatic carbocycles. The zero-order valence-corrected chi connectivity index (χ0v) is 38.4. The molecule has 27 atom stereocenters. The Morgan fingerprint density at radius 1 is 0.631 bits per heavy atom. The Bertz CT molecular complexity index is 1580. The van der Waals surface area contributed by atoms with E-state index in [1.54, 1.807) is 7.11 Å². The number of hydrogen-bond donors (Lipinski definition) is 11. The van der Waals surface area contributed by atoms with E-state index in [1.165, 1.54) is 0 Å². The summed E-state index contributed by atoms with van der Waals surface area (Å²) >= 11 is 0. The molecule has 0 bridgehead atoms. The highest BCUT2D eigenvalue weighted by Gasteiger charge is 2.69. The third kappa shape index (κ3) is 8.90. The number of methoxy groups -OCH3 is 1. The summed E-state index contributed by atoms with van der Waals surface area (Å²) in [6.45, 7) is 7.69. The van der Waals surface area contributed by atoms with Crippen LogP contribution in [0.3, 0.4) is 0 Å². The molecular weight excluding hydrogens is 856 g/mol. The lowest BCUT2D eigenvalue weighted by Crippen LogP contribution is -2.65. The standard InChI is InChI=1S/C46H78O19/c1-20(19-59-41-38(56)35(53)32(50)28(16-47)61-41)8-13-46(58-5)21(2)31-27(65-46)15-26-24-7-6-22-14-23(9-11-44(22,3)25(24)10-12-45(26,31)4)60-43-40(37(55)34(52)30(18-49)63-43)64-42-39(57)36(54)33(51)29(17-48)62-42/h20-43,47-57H,6-19H2,1-5H3/t20?,21?,22?,23?,24?,25?,26?,27?,28?,29?,30?,31?,32?,33?,34?,35?,36?,37?,38?,39?,40?,41?,42?,43?,44-,45-,46?/m0/s1. The van der Waals surface area contributed by atoms with Crippen molar-refractivity contribution in [3.8, 4) is 0 Å². The first-order valence-electron chi connectivity index (χ1n) is 24.2. The third-order valence-electron chi connectivity index (χ3n) is 18.3. The predicted octanol–water partition coefficient (Wildman–Crippen LogP) is -1.13. The largest absolute Gasteiger partial charge is 0.394 e. The maximum atomic E-state index is 11.2. The summed E-state index contributed by atoms with van der Waals surface area (Å²) in [5.74, 6) is 1.67. The SMILES string of the molecule is COC1(CCC(C)COC2OC(CO)C(O)C(O)C2O)OC2CC3C4CCC5CC(OC6OC(CO)C(O)C(O)C6OC6OC(CO)C(O)C(O)C6O)CC[C@]5(C)C4CC[C@]3(C)C2C1C. The van der Waals surface area contributed by atoms with E-state index in [1.807, 2.05) is 6.92 Å². The zero-order valence-electron chi connectivity index (χ0n) is 38.4. The Labute approximate surface area is 381 Å². The summed E-state index contributed by atoms with van der Waals surface area (Å²) in [7, 11) is 1.73. The molecule has 0 spiro atoms. The Morgan fingerprint density at radius 2 is 1.22 bits per heavy atom. The lowest BCUT2D eigenvalue weighted by Gasteiger charge is -2.61. The molecule has 11 N–H and O–H groups in total. The van der Waals surface area contributed by atoms with Gasteiger partial charge in [-0.2, -0.15) is 0 Å². The molecule has 25 unspecified atom stereocenters. The predicted molar refractivity (Wildman–Crippen MR) is 224 cm³/mol. The van der Waals surface area contributed by atoms with E-state index in [2.05, 4.69) is 20.8 Å². The van der Waals surface area contributed by atoms with Crippen molar-refractivity contribution in [2.24, 2.45) is 52.3 Å². The molecule has 19 nitrogen and oxygen atoms in total. The van der Waals surface area contributed by atoms with Crippen LogP contribution in [-0.4, -0.2) is 200 Å². The Kier molecular flexibility index (Phi) is 15.4. The van der Waals surface area contributed by atoms with Crippen LogP contribution in [0.1, 0.15) is 91.9 Å². The smallest absolute Gasteiger partial charge is 0.187 e. The van der Waals surface area contributed by atoms with Crippen molar-refractivity contribution in [3.05, 3.63) is 0 Å². The van der Waals surface area contributed by atoms with Crippen LogP contribution < -0.4 is 0 Å².